The largest absolute Gasteiger partial charge is 0.494 e. The average Bonchev–Trinajstić information content (AvgIpc) is 2.82. The highest BCUT2D eigenvalue weighted by molar-refractivity contribution is 5.98. The topological polar surface area (TPSA) is 103 Å². The number of fused-ring (bicyclic) bond motifs is 1. The van der Waals surface area contributed by atoms with Gasteiger partial charge in [-0.1, -0.05) is 0 Å². The quantitative estimate of drug-likeness (QED) is 0.388. The molecule has 0 saturated heterocycles. The number of carbonyl (C=O) groups excluding carboxylic acids is 1. The Morgan fingerprint density at radius 2 is 1.97 bits per heavy atom. The van der Waals surface area contributed by atoms with E-state index in [1.807, 2.05) is 6.07 Å². The number of benzene rings is 2. The molecule has 0 fully saturated rings. The molecule has 4 rings (SSSR count). The van der Waals surface area contributed by atoms with Crippen LogP contribution in [0.15, 0.2) is 54.9 Å². The molecular formula is C24H21F2N5O2. The van der Waals surface area contributed by atoms with Crippen LogP contribution < -0.4 is 15.8 Å². The Balaban J connectivity index is 1.89. The number of carbonyl (C=O) groups is 1. The normalized spacial score (nSPS) is 10.9. The van der Waals surface area contributed by atoms with Crippen LogP contribution in [0.2, 0.25) is 0 Å². The summed E-state index contributed by atoms with van der Waals surface area (Å²) < 4.78 is 33.9. The van der Waals surface area contributed by atoms with E-state index < -0.39 is 17.5 Å². The number of hydrogen-bond acceptors (Lipinski definition) is 6. The lowest BCUT2D eigenvalue weighted by molar-refractivity contribution is -0.118. The number of halogens is 2. The Hall–Kier alpha value is -4.14. The van der Waals surface area contributed by atoms with Gasteiger partial charge in [0.2, 0.25) is 5.91 Å². The first-order valence-corrected chi connectivity index (χ1v) is 10.2. The van der Waals surface area contributed by atoms with Crippen molar-refractivity contribution in [2.45, 2.75) is 12.8 Å². The molecule has 0 spiro atoms. The first-order valence-electron chi connectivity index (χ1n) is 10.2. The summed E-state index contributed by atoms with van der Waals surface area (Å²) in [5.41, 5.74) is 6.92. The monoisotopic (exact) mass is 449 g/mol. The van der Waals surface area contributed by atoms with Crippen molar-refractivity contribution in [3.8, 4) is 28.3 Å². The fourth-order valence-corrected chi connectivity index (χ4v) is 3.46. The summed E-state index contributed by atoms with van der Waals surface area (Å²) in [6, 6.07) is 10.2. The second-order valence-electron chi connectivity index (χ2n) is 7.33. The number of ether oxygens (including phenoxy) is 1. The first kappa shape index (κ1) is 22.1. The molecule has 0 unspecified atom stereocenters. The van der Waals surface area contributed by atoms with Gasteiger partial charge in [0.05, 0.1) is 7.11 Å². The maximum absolute atomic E-state index is 14.5. The number of aromatic nitrogens is 3. The molecule has 33 heavy (non-hydrogen) atoms. The van der Waals surface area contributed by atoms with E-state index in [4.69, 9.17) is 10.5 Å². The summed E-state index contributed by atoms with van der Waals surface area (Å²) in [6.07, 6.45) is 4.00. The molecule has 2 aromatic heterocycles. The molecule has 0 aliphatic rings. The van der Waals surface area contributed by atoms with Crippen LogP contribution in [0, 0.1) is 11.6 Å². The molecule has 168 valence electrons. The van der Waals surface area contributed by atoms with E-state index in [2.05, 4.69) is 20.3 Å². The minimum Gasteiger partial charge on any atom is -0.494 e. The van der Waals surface area contributed by atoms with Crippen molar-refractivity contribution in [1.82, 2.24) is 15.0 Å². The van der Waals surface area contributed by atoms with E-state index in [9.17, 15) is 13.6 Å². The third-order valence-corrected chi connectivity index (χ3v) is 5.04. The van der Waals surface area contributed by atoms with Crippen molar-refractivity contribution < 1.29 is 18.3 Å². The lowest BCUT2D eigenvalue weighted by Gasteiger charge is -2.15. The average molecular weight is 449 g/mol. The van der Waals surface area contributed by atoms with Crippen LogP contribution >= 0.6 is 0 Å². The number of nitrogens with zero attached hydrogens (tertiary/aromatic N) is 3. The van der Waals surface area contributed by atoms with Crippen LogP contribution in [0.4, 0.5) is 14.6 Å². The molecule has 1 amide bonds. The van der Waals surface area contributed by atoms with E-state index in [-0.39, 0.29) is 12.0 Å². The zero-order valence-corrected chi connectivity index (χ0v) is 17.8. The lowest BCUT2D eigenvalue weighted by Crippen LogP contribution is -2.13. The van der Waals surface area contributed by atoms with Gasteiger partial charge in [0.15, 0.2) is 5.82 Å². The van der Waals surface area contributed by atoms with E-state index in [0.717, 1.165) is 18.2 Å². The fourth-order valence-electron chi connectivity index (χ4n) is 3.46. The molecular weight excluding hydrogens is 428 g/mol. The summed E-state index contributed by atoms with van der Waals surface area (Å²) in [5, 5.41) is 3.76. The van der Waals surface area contributed by atoms with Gasteiger partial charge in [-0.2, -0.15) is 0 Å². The summed E-state index contributed by atoms with van der Waals surface area (Å²) in [7, 11) is 1.48. The highest BCUT2D eigenvalue weighted by atomic mass is 19.1. The molecule has 0 bridgehead atoms. The van der Waals surface area contributed by atoms with Gasteiger partial charge < -0.3 is 15.8 Å². The number of amides is 1. The van der Waals surface area contributed by atoms with Crippen molar-refractivity contribution >= 4 is 22.6 Å². The number of nitrogens with two attached hydrogens (primary N) is 1. The van der Waals surface area contributed by atoms with Gasteiger partial charge in [-0.05, 0) is 54.4 Å². The van der Waals surface area contributed by atoms with Crippen LogP contribution in [0.5, 0.6) is 5.75 Å². The summed E-state index contributed by atoms with van der Waals surface area (Å²) in [5.74, 6) is -0.277. The zero-order valence-electron chi connectivity index (χ0n) is 17.8. The van der Waals surface area contributed by atoms with E-state index in [1.165, 1.54) is 7.11 Å². The van der Waals surface area contributed by atoms with Crippen molar-refractivity contribution in [2.75, 3.05) is 19.0 Å². The van der Waals surface area contributed by atoms with Gasteiger partial charge in [-0.15, -0.1) is 0 Å². The van der Waals surface area contributed by atoms with Crippen molar-refractivity contribution in [3.63, 3.8) is 0 Å². The molecule has 0 atom stereocenters. The molecule has 0 radical (unpaired) electrons. The molecule has 0 aliphatic heterocycles. The Labute approximate surface area is 188 Å². The zero-order chi connectivity index (χ0) is 23.4. The van der Waals surface area contributed by atoms with Crippen LogP contribution in [0.25, 0.3) is 33.4 Å². The van der Waals surface area contributed by atoms with Gasteiger partial charge in [0.25, 0.3) is 0 Å². The van der Waals surface area contributed by atoms with Crippen LogP contribution in [-0.4, -0.2) is 34.5 Å². The lowest BCUT2D eigenvalue weighted by atomic mass is 10.0. The minimum atomic E-state index is -0.568. The molecule has 0 aliphatic carbocycles. The first-order chi connectivity index (χ1) is 16.0. The molecule has 9 heteroatoms. The van der Waals surface area contributed by atoms with E-state index in [1.54, 1.807) is 30.6 Å². The fraction of sp³-hybridized carbons (Fsp3) is 0.167. The second-order valence-corrected chi connectivity index (χ2v) is 7.33. The number of methoxy groups -OCH3 is 1. The predicted octanol–water partition coefficient (Wildman–Crippen LogP) is 4.32. The van der Waals surface area contributed by atoms with E-state index in [0.29, 0.717) is 52.4 Å². The smallest absolute Gasteiger partial charge is 0.217 e. The summed E-state index contributed by atoms with van der Waals surface area (Å²) in [4.78, 5) is 24.5. The number of pyridine rings is 1. The van der Waals surface area contributed by atoms with Crippen LogP contribution in [0.1, 0.15) is 12.8 Å². The van der Waals surface area contributed by atoms with Gasteiger partial charge in [0, 0.05) is 41.9 Å². The number of primary amides is 1. The molecule has 4 aromatic rings. The molecule has 3 N–H and O–H groups in total. The third kappa shape index (κ3) is 4.87. The van der Waals surface area contributed by atoms with Gasteiger partial charge in [-0.25, -0.2) is 18.7 Å². The Kier molecular flexibility index (Phi) is 6.39. The standard InChI is InChI=1S/C24H21F2N5O2/c1-33-20-11-15(17-12-16(25)6-7-19(17)26)10-18-22(20)30-23(14-4-2-8-28-13-14)31-24(18)29-9-3-5-21(27)32/h2,4,6-8,10-13H,3,5,9H2,1H3,(H2,27,32)(H,29,30,31). The third-order valence-electron chi connectivity index (χ3n) is 5.04. The van der Waals surface area contributed by atoms with Crippen LogP contribution in [-0.2, 0) is 4.79 Å². The van der Waals surface area contributed by atoms with Crippen LogP contribution in [0.3, 0.4) is 0 Å². The Morgan fingerprint density at radius 3 is 2.70 bits per heavy atom. The molecule has 7 nitrogen and oxygen atoms in total. The molecule has 2 aromatic carbocycles. The molecule has 2 heterocycles. The number of hydrogen-bond donors (Lipinski definition) is 2. The Morgan fingerprint density at radius 1 is 1.12 bits per heavy atom. The summed E-state index contributed by atoms with van der Waals surface area (Å²) in [6.45, 7) is 0.419. The predicted molar refractivity (Wildman–Crippen MR) is 122 cm³/mol. The van der Waals surface area contributed by atoms with Gasteiger partial charge >= 0.3 is 0 Å². The minimum absolute atomic E-state index is 0.0891. The highest BCUT2D eigenvalue weighted by Gasteiger charge is 2.17. The maximum atomic E-state index is 14.5. The van der Waals surface area contributed by atoms with Crippen molar-refractivity contribution in [3.05, 3.63) is 66.5 Å². The second kappa shape index (κ2) is 9.56. The Bertz CT molecular complexity index is 1320. The van der Waals surface area contributed by atoms with E-state index >= 15 is 0 Å². The number of anilines is 1. The maximum Gasteiger partial charge on any atom is 0.217 e. The van der Waals surface area contributed by atoms with Gasteiger partial charge in [-0.3, -0.25) is 9.78 Å². The number of rotatable bonds is 8. The van der Waals surface area contributed by atoms with Crippen molar-refractivity contribution in [2.24, 2.45) is 5.73 Å². The molecule has 0 saturated carbocycles. The van der Waals surface area contributed by atoms with Gasteiger partial charge in [0.1, 0.15) is 28.7 Å². The number of nitrogens with one attached hydrogen (secondary N) is 1. The summed E-state index contributed by atoms with van der Waals surface area (Å²) >= 11 is 0. The SMILES string of the molecule is COc1cc(-c2cc(F)ccc2F)cc2c(NCCCC(N)=O)nc(-c3cccnc3)nc12. The highest BCUT2D eigenvalue weighted by Crippen LogP contribution is 2.36. The van der Waals surface area contributed by atoms with Crippen molar-refractivity contribution in [1.29, 1.82) is 0 Å².